The van der Waals surface area contributed by atoms with E-state index in [4.69, 9.17) is 4.74 Å². The lowest BCUT2D eigenvalue weighted by Crippen LogP contribution is -2.64. The van der Waals surface area contributed by atoms with Gasteiger partial charge in [0.1, 0.15) is 66.5 Å². The van der Waals surface area contributed by atoms with Crippen molar-refractivity contribution < 1.29 is 77.3 Å². The molecule has 29 heteroatoms. The maximum Gasteiger partial charge on any atom is 0.337 e. The van der Waals surface area contributed by atoms with Crippen LogP contribution in [0.4, 0.5) is 0 Å². The molecule has 1 aliphatic rings. The van der Waals surface area contributed by atoms with Gasteiger partial charge in [-0.05, 0) is 137 Å². The smallest absolute Gasteiger partial charge is 0.337 e. The zero-order chi connectivity index (χ0) is 81.8. The Kier molecular flexibility index (Phi) is 41.3. The quantitative estimate of drug-likeness (QED) is 0.0411. The monoisotopic (exact) mass is 1530 g/mol. The van der Waals surface area contributed by atoms with E-state index in [0.29, 0.717) is 62.8 Å². The number of thioether (sulfide) groups is 1. The molecule has 608 valence electrons. The summed E-state index contributed by atoms with van der Waals surface area (Å²) in [6.45, 7) is 28.2. The molecule has 28 nitrogen and oxygen atoms in total. The van der Waals surface area contributed by atoms with Crippen LogP contribution in [0.3, 0.4) is 0 Å². The van der Waals surface area contributed by atoms with Crippen LogP contribution in [0.1, 0.15) is 209 Å². The van der Waals surface area contributed by atoms with Gasteiger partial charge in [0, 0.05) is 73.8 Å². The molecule has 1 fully saturated rings. The van der Waals surface area contributed by atoms with Gasteiger partial charge in [-0.25, -0.2) is 4.79 Å². The van der Waals surface area contributed by atoms with E-state index in [1.807, 2.05) is 55.4 Å². The van der Waals surface area contributed by atoms with Crippen molar-refractivity contribution in [3.63, 3.8) is 0 Å². The second-order valence-electron chi connectivity index (χ2n) is 31.5. The highest BCUT2D eigenvalue weighted by Crippen LogP contribution is 2.27. The number of methoxy groups -OCH3 is 1. The van der Waals surface area contributed by atoms with E-state index in [1.165, 1.54) is 118 Å². The fourth-order valence-corrected chi connectivity index (χ4v) is 14.5. The van der Waals surface area contributed by atoms with Gasteiger partial charge >= 0.3 is 5.97 Å². The van der Waals surface area contributed by atoms with Gasteiger partial charge in [0.2, 0.25) is 65.0 Å². The van der Waals surface area contributed by atoms with E-state index in [0.717, 1.165) is 4.90 Å². The van der Waals surface area contributed by atoms with Crippen LogP contribution in [0.2, 0.25) is 0 Å². The molecule has 0 unspecified atom stereocenters. The van der Waals surface area contributed by atoms with E-state index in [2.05, 4.69) is 26.6 Å². The number of benzene rings is 1. The van der Waals surface area contributed by atoms with Crippen LogP contribution in [0.15, 0.2) is 24.3 Å². The Morgan fingerprint density at radius 1 is 0.495 bits per heavy atom. The molecule has 0 aliphatic carbocycles. The minimum atomic E-state index is -1.71. The van der Waals surface area contributed by atoms with Crippen molar-refractivity contribution in [1.82, 2.24) is 60.9 Å². The van der Waals surface area contributed by atoms with E-state index < -0.39 is 161 Å². The average Bonchev–Trinajstić information content (AvgIpc) is 0.801. The SMILES string of the molecule is CC[C@@H]1NC(=O)[C@H]([C@H](O)[C@H](C)CCCCCCNC(=O)c2cccc(C(=O)OC)c2)N(C)C(=O)[C@H](C(C)C)N(C)C(=O)[C@H](CC(C)C)N(C)C(=O)[C@H](CC(C)C)N(C)C(=O)[C@@H](C)NC(=O)[C@H](C)NC(=O)[C@H](CC(C)C)N(C)C(=O)[C@H](C(C)C)NC(=O)[C@H](CC(C)C)N(C)C(=O)[C@@H](CSCCCCO)N(C)C1=O. The summed E-state index contributed by atoms with van der Waals surface area (Å²) in [5, 5.41) is 36.4. The van der Waals surface area contributed by atoms with Gasteiger partial charge in [0.25, 0.3) is 5.91 Å². The van der Waals surface area contributed by atoms with Crippen LogP contribution in [-0.4, -0.2) is 275 Å². The number of ether oxygens (including phenoxy) is 1. The van der Waals surface area contributed by atoms with Gasteiger partial charge in [-0.15, -0.1) is 0 Å². The summed E-state index contributed by atoms with van der Waals surface area (Å²) >= 11 is 1.34. The van der Waals surface area contributed by atoms with Gasteiger partial charge < -0.3 is 75.8 Å². The van der Waals surface area contributed by atoms with Crippen LogP contribution in [0.5, 0.6) is 0 Å². The maximum atomic E-state index is 15.6. The number of rotatable bonds is 28. The van der Waals surface area contributed by atoms with Crippen LogP contribution in [-0.2, 0) is 57.5 Å². The molecule has 0 saturated carbocycles. The molecule has 7 N–H and O–H groups in total. The van der Waals surface area contributed by atoms with Crippen LogP contribution in [0.25, 0.3) is 0 Å². The third-order valence-corrected chi connectivity index (χ3v) is 21.2. The molecule has 1 heterocycles. The fourth-order valence-electron chi connectivity index (χ4n) is 13.3. The summed E-state index contributed by atoms with van der Waals surface area (Å²) in [4.78, 5) is 199. The molecule has 13 atom stereocenters. The number of carbonyl (C=O) groups is 13. The third-order valence-electron chi connectivity index (χ3n) is 20.0. The zero-order valence-electron chi connectivity index (χ0n) is 68.7. The predicted octanol–water partition coefficient (Wildman–Crippen LogP) is 5.34. The Hall–Kier alpha value is -7.40. The number of nitrogens with one attached hydrogen (secondary N) is 5. The minimum Gasteiger partial charge on any atom is -0.465 e. The van der Waals surface area contributed by atoms with Crippen molar-refractivity contribution in [3.8, 4) is 0 Å². The van der Waals surface area contributed by atoms with Gasteiger partial charge in [-0.1, -0.05) is 122 Å². The van der Waals surface area contributed by atoms with Crippen molar-refractivity contribution in [2.24, 2.45) is 41.4 Å². The number of hydrogen-bond donors (Lipinski definition) is 7. The standard InChI is InChI=1S/C78H134N12O16S/c1-25-56-72(99)88(21)61(44-107-38-31-30-37-91)75(102)84(17)58(40-46(4)5)69(96)83-62(49(10)11)76(103)85(18)57(39-45(2)3)68(95)80-52(15)66(93)81-53(16)71(98)86(19)59(41-47(6)7)73(100)87(20)60(42-48(8)9)74(101)89(22)63(50(12)13)77(104)90(23)64(70(97)82-56)65(92)51(14)33-28-26-27-29-36-79-67(94)54-34-32-35-55(43-54)78(105)106-24/h32,34-35,43,45-53,56-65,91-92H,25-31,33,36-42,44H2,1-24H3,(H,79,94)(H,80,95)(H,81,93)(H,82,97)(H,83,96)/t51-,52+,53-,56+,57+,58+,59+,60+,61-,62+,63+,64+,65-/m1/s1. The third kappa shape index (κ3) is 28.5. The number of amides is 12. The lowest BCUT2D eigenvalue weighted by molar-refractivity contribution is -0.157. The van der Waals surface area contributed by atoms with Gasteiger partial charge in [-0.2, -0.15) is 11.8 Å². The molecule has 2 rings (SSSR count). The first kappa shape index (κ1) is 95.7. The number of nitrogens with zero attached hydrogens (tertiary/aromatic N) is 7. The Labute approximate surface area is 642 Å². The van der Waals surface area contributed by atoms with Crippen molar-refractivity contribution in [2.75, 3.05) is 81.1 Å². The highest BCUT2D eigenvalue weighted by atomic mass is 32.2. The first-order chi connectivity index (χ1) is 49.9. The first-order valence-corrected chi connectivity index (χ1v) is 39.5. The summed E-state index contributed by atoms with van der Waals surface area (Å²) in [5.41, 5.74) is 0.525. The Balaban J connectivity index is 3.02. The van der Waals surface area contributed by atoms with Gasteiger partial charge in [0.05, 0.1) is 18.8 Å². The molecule has 0 radical (unpaired) electrons. The van der Waals surface area contributed by atoms with E-state index in [1.54, 1.807) is 59.7 Å². The zero-order valence-corrected chi connectivity index (χ0v) is 69.6. The molecule has 1 aromatic rings. The fraction of sp³-hybridized carbons (Fsp3) is 0.756. The molecule has 1 aromatic carbocycles. The molecule has 1 aliphatic heterocycles. The minimum absolute atomic E-state index is 0.00389. The largest absolute Gasteiger partial charge is 0.465 e. The number of carbonyl (C=O) groups excluding carboxylic acids is 13. The van der Waals surface area contributed by atoms with Gasteiger partial charge in [-0.3, -0.25) is 57.5 Å². The number of aliphatic hydroxyl groups is 2. The van der Waals surface area contributed by atoms with E-state index in [9.17, 15) is 43.8 Å². The normalized spacial score (nSPS) is 24.3. The molecule has 0 aromatic heterocycles. The highest BCUT2D eigenvalue weighted by Gasteiger charge is 2.47. The summed E-state index contributed by atoms with van der Waals surface area (Å²) in [6, 6.07) is -8.09. The van der Waals surface area contributed by atoms with Crippen LogP contribution in [0, 0.1) is 41.4 Å². The number of aliphatic hydroxyl groups excluding tert-OH is 2. The highest BCUT2D eigenvalue weighted by molar-refractivity contribution is 7.99. The Bertz CT molecular complexity index is 3120. The number of likely N-dealkylation sites (N-methyl/N-ethyl adjacent to an activating group) is 7. The molecular weight excluding hydrogens is 1390 g/mol. The number of unbranched alkanes of at least 4 members (excludes halogenated alkanes) is 4. The predicted molar refractivity (Wildman–Crippen MR) is 415 cm³/mol. The summed E-state index contributed by atoms with van der Waals surface area (Å²) in [6.07, 6.45) is 2.62. The lowest BCUT2D eigenvalue weighted by atomic mass is 9.90. The summed E-state index contributed by atoms with van der Waals surface area (Å²) < 4.78 is 4.80. The molecule has 107 heavy (non-hydrogen) atoms. The van der Waals surface area contributed by atoms with Crippen molar-refractivity contribution >= 4 is 88.6 Å². The first-order valence-electron chi connectivity index (χ1n) is 38.4. The molecule has 0 spiro atoms. The summed E-state index contributed by atoms with van der Waals surface area (Å²) in [7, 11) is 11.2. The molecule has 0 bridgehead atoms. The van der Waals surface area contributed by atoms with Crippen LogP contribution < -0.4 is 26.6 Å². The van der Waals surface area contributed by atoms with Crippen molar-refractivity contribution in [1.29, 1.82) is 0 Å². The van der Waals surface area contributed by atoms with E-state index in [-0.39, 0.29) is 79.6 Å². The number of esters is 1. The van der Waals surface area contributed by atoms with Crippen molar-refractivity contribution in [3.05, 3.63) is 35.4 Å². The molecular formula is C78H134N12O16S. The molecule has 12 amide bonds. The summed E-state index contributed by atoms with van der Waals surface area (Å²) in [5.74, 6) is -10.9. The lowest BCUT2D eigenvalue weighted by Gasteiger charge is -2.41. The van der Waals surface area contributed by atoms with Crippen molar-refractivity contribution in [2.45, 2.75) is 260 Å². The average molecular weight is 1530 g/mol. The Morgan fingerprint density at radius 2 is 0.953 bits per heavy atom. The maximum absolute atomic E-state index is 15.6. The van der Waals surface area contributed by atoms with E-state index >= 15 is 28.8 Å². The topological polar surface area (TPSA) is 354 Å². The number of hydrogen-bond acceptors (Lipinski definition) is 17. The van der Waals surface area contributed by atoms with Gasteiger partial charge in [0.15, 0.2) is 0 Å². The Morgan fingerprint density at radius 3 is 1.47 bits per heavy atom. The second-order valence-corrected chi connectivity index (χ2v) is 32.7. The molecule has 1 saturated heterocycles. The van der Waals surface area contributed by atoms with Crippen LogP contribution >= 0.6 is 11.8 Å². The second kappa shape index (κ2) is 46.2.